The number of halogens is 1. The summed E-state index contributed by atoms with van der Waals surface area (Å²) in [5.41, 5.74) is 1.99. The van der Waals surface area contributed by atoms with Crippen LogP contribution in [0.2, 0.25) is 5.02 Å². The van der Waals surface area contributed by atoms with Gasteiger partial charge in [0.05, 0.1) is 10.2 Å². The number of anilines is 1. The van der Waals surface area contributed by atoms with E-state index in [9.17, 15) is 4.79 Å². The molecule has 0 fully saturated rings. The number of rotatable bonds is 8. The van der Waals surface area contributed by atoms with Crippen LogP contribution in [0, 0.1) is 6.92 Å². The van der Waals surface area contributed by atoms with Crippen molar-refractivity contribution in [2.45, 2.75) is 40.5 Å². The molecule has 1 heterocycles. The summed E-state index contributed by atoms with van der Waals surface area (Å²) < 4.78 is 1.03. The minimum atomic E-state index is 0.146. The SMILES string of the molecule is CCCC(=O)N(CCN(CC)CC)c1nc2c(C)cc(Cl)cc2s1. The third-order valence-corrected chi connectivity index (χ3v) is 5.41. The van der Waals surface area contributed by atoms with Crippen LogP contribution < -0.4 is 4.90 Å². The number of benzene rings is 1. The summed E-state index contributed by atoms with van der Waals surface area (Å²) in [6.45, 7) is 11.8. The van der Waals surface area contributed by atoms with Gasteiger partial charge < -0.3 is 4.90 Å². The van der Waals surface area contributed by atoms with Gasteiger partial charge in [-0.2, -0.15) is 0 Å². The van der Waals surface area contributed by atoms with Crippen molar-refractivity contribution < 1.29 is 4.79 Å². The van der Waals surface area contributed by atoms with Crippen molar-refractivity contribution in [2.24, 2.45) is 0 Å². The Bertz CT molecular complexity index is 697. The molecular formula is C18H26ClN3OS. The number of nitrogens with zero attached hydrogens (tertiary/aromatic N) is 3. The summed E-state index contributed by atoms with van der Waals surface area (Å²) >= 11 is 7.70. The van der Waals surface area contributed by atoms with Crippen LogP contribution in [0.3, 0.4) is 0 Å². The minimum absolute atomic E-state index is 0.146. The smallest absolute Gasteiger partial charge is 0.228 e. The maximum absolute atomic E-state index is 12.6. The zero-order valence-electron chi connectivity index (χ0n) is 14.9. The molecule has 0 saturated carbocycles. The first-order chi connectivity index (χ1) is 11.5. The summed E-state index contributed by atoms with van der Waals surface area (Å²) in [6, 6.07) is 3.85. The zero-order chi connectivity index (χ0) is 17.7. The molecule has 1 aromatic heterocycles. The predicted molar refractivity (Wildman–Crippen MR) is 104 cm³/mol. The van der Waals surface area contributed by atoms with Gasteiger partial charge in [0, 0.05) is 24.5 Å². The number of aromatic nitrogens is 1. The van der Waals surface area contributed by atoms with Gasteiger partial charge in [-0.05, 0) is 44.1 Å². The molecule has 0 radical (unpaired) electrons. The number of fused-ring (bicyclic) bond motifs is 1. The van der Waals surface area contributed by atoms with Gasteiger partial charge in [-0.25, -0.2) is 4.98 Å². The molecule has 4 nitrogen and oxygen atoms in total. The average Bonchev–Trinajstić information content (AvgIpc) is 2.95. The van der Waals surface area contributed by atoms with Gasteiger partial charge in [0.2, 0.25) is 5.91 Å². The van der Waals surface area contributed by atoms with Gasteiger partial charge in [-0.15, -0.1) is 0 Å². The summed E-state index contributed by atoms with van der Waals surface area (Å²) in [5.74, 6) is 0.146. The van der Waals surface area contributed by atoms with E-state index < -0.39 is 0 Å². The van der Waals surface area contributed by atoms with Crippen molar-refractivity contribution >= 4 is 44.2 Å². The van der Waals surface area contributed by atoms with E-state index in [4.69, 9.17) is 16.6 Å². The molecule has 0 N–H and O–H groups in total. The molecule has 0 atom stereocenters. The Hall–Kier alpha value is -1.17. The number of carbonyl (C=O) groups excluding carboxylic acids is 1. The van der Waals surface area contributed by atoms with Crippen LogP contribution >= 0.6 is 22.9 Å². The second-order valence-corrected chi connectivity index (χ2v) is 7.33. The van der Waals surface area contributed by atoms with Crippen molar-refractivity contribution in [3.8, 4) is 0 Å². The molecule has 0 aliphatic carbocycles. The molecule has 0 bridgehead atoms. The summed E-state index contributed by atoms with van der Waals surface area (Å²) in [6.07, 6.45) is 1.39. The van der Waals surface area contributed by atoms with Gasteiger partial charge in [0.1, 0.15) is 0 Å². The molecule has 2 rings (SSSR count). The lowest BCUT2D eigenvalue weighted by Gasteiger charge is -2.24. The fraction of sp³-hybridized carbons (Fsp3) is 0.556. The Morgan fingerprint density at radius 3 is 2.54 bits per heavy atom. The maximum Gasteiger partial charge on any atom is 0.228 e. The van der Waals surface area contributed by atoms with Crippen molar-refractivity contribution in [2.75, 3.05) is 31.1 Å². The van der Waals surface area contributed by atoms with E-state index in [2.05, 4.69) is 18.7 Å². The average molecular weight is 368 g/mol. The zero-order valence-corrected chi connectivity index (χ0v) is 16.5. The highest BCUT2D eigenvalue weighted by molar-refractivity contribution is 7.22. The van der Waals surface area contributed by atoms with Crippen LogP contribution in [0.15, 0.2) is 12.1 Å². The van der Waals surface area contributed by atoms with Crippen LogP contribution in [0.5, 0.6) is 0 Å². The number of hydrogen-bond donors (Lipinski definition) is 0. The summed E-state index contributed by atoms with van der Waals surface area (Å²) in [5, 5.41) is 1.49. The number of amides is 1. The lowest BCUT2D eigenvalue weighted by Crippen LogP contribution is -2.38. The van der Waals surface area contributed by atoms with E-state index in [1.54, 1.807) is 11.3 Å². The summed E-state index contributed by atoms with van der Waals surface area (Å²) in [7, 11) is 0. The topological polar surface area (TPSA) is 36.4 Å². The highest BCUT2D eigenvalue weighted by Crippen LogP contribution is 2.33. The monoisotopic (exact) mass is 367 g/mol. The van der Waals surface area contributed by atoms with Gasteiger partial charge >= 0.3 is 0 Å². The lowest BCUT2D eigenvalue weighted by molar-refractivity contribution is -0.118. The van der Waals surface area contributed by atoms with E-state index in [-0.39, 0.29) is 5.91 Å². The molecule has 0 unspecified atom stereocenters. The normalized spacial score (nSPS) is 11.4. The Morgan fingerprint density at radius 2 is 1.92 bits per heavy atom. The van der Waals surface area contributed by atoms with Crippen LogP contribution in [0.4, 0.5) is 5.13 Å². The molecule has 0 saturated heterocycles. The highest BCUT2D eigenvalue weighted by Gasteiger charge is 2.20. The van der Waals surface area contributed by atoms with Gasteiger partial charge in [0.25, 0.3) is 0 Å². The van der Waals surface area contributed by atoms with Crippen LogP contribution in [-0.4, -0.2) is 42.0 Å². The first kappa shape index (κ1) is 19.2. The Balaban J connectivity index is 2.32. The minimum Gasteiger partial charge on any atom is -0.302 e. The third kappa shape index (κ3) is 4.47. The van der Waals surface area contributed by atoms with Crippen LogP contribution in [-0.2, 0) is 4.79 Å². The molecule has 132 valence electrons. The van der Waals surface area contributed by atoms with Crippen molar-refractivity contribution in [3.05, 3.63) is 22.7 Å². The van der Waals surface area contributed by atoms with Crippen molar-refractivity contribution in [3.63, 3.8) is 0 Å². The first-order valence-corrected chi connectivity index (χ1v) is 9.78. The van der Waals surface area contributed by atoms with Gasteiger partial charge in [-0.1, -0.05) is 43.7 Å². The predicted octanol–water partition coefficient (Wildman–Crippen LogP) is 4.73. The highest BCUT2D eigenvalue weighted by atomic mass is 35.5. The lowest BCUT2D eigenvalue weighted by atomic mass is 10.2. The maximum atomic E-state index is 12.6. The van der Waals surface area contributed by atoms with Crippen molar-refractivity contribution in [1.82, 2.24) is 9.88 Å². The number of aryl methyl sites for hydroxylation is 1. The first-order valence-electron chi connectivity index (χ1n) is 8.59. The molecular weight excluding hydrogens is 342 g/mol. The Morgan fingerprint density at radius 1 is 1.21 bits per heavy atom. The van der Waals surface area contributed by atoms with Gasteiger partial charge in [-0.3, -0.25) is 9.69 Å². The van der Waals surface area contributed by atoms with Crippen LogP contribution in [0.25, 0.3) is 10.2 Å². The fourth-order valence-electron chi connectivity index (χ4n) is 2.72. The largest absolute Gasteiger partial charge is 0.302 e. The molecule has 2 aromatic rings. The standard InChI is InChI=1S/C18H26ClN3OS/c1-5-8-16(23)22(10-9-21(6-2)7-3)18-20-17-13(4)11-14(19)12-15(17)24-18/h11-12H,5-10H2,1-4H3. The number of carbonyl (C=O) groups is 1. The van der Waals surface area contributed by atoms with E-state index in [0.717, 1.165) is 47.0 Å². The van der Waals surface area contributed by atoms with Crippen LogP contribution in [0.1, 0.15) is 39.2 Å². The summed E-state index contributed by atoms with van der Waals surface area (Å²) in [4.78, 5) is 21.5. The molecule has 0 spiro atoms. The number of likely N-dealkylation sites (N-methyl/N-ethyl adjacent to an activating group) is 1. The third-order valence-electron chi connectivity index (χ3n) is 4.17. The number of thiazole rings is 1. The molecule has 0 aliphatic heterocycles. The van der Waals surface area contributed by atoms with E-state index in [0.29, 0.717) is 18.0 Å². The second kappa shape index (κ2) is 8.79. The molecule has 1 amide bonds. The van der Waals surface area contributed by atoms with E-state index >= 15 is 0 Å². The Labute approximate surface area is 153 Å². The van der Waals surface area contributed by atoms with Gasteiger partial charge in [0.15, 0.2) is 5.13 Å². The van der Waals surface area contributed by atoms with Crippen molar-refractivity contribution in [1.29, 1.82) is 0 Å². The van der Waals surface area contributed by atoms with E-state index in [1.165, 1.54) is 0 Å². The molecule has 1 aromatic carbocycles. The molecule has 6 heteroatoms. The Kier molecular flexibility index (Phi) is 7.02. The van der Waals surface area contributed by atoms with E-state index in [1.807, 2.05) is 30.9 Å². The second-order valence-electron chi connectivity index (χ2n) is 5.89. The number of hydrogen-bond acceptors (Lipinski definition) is 4. The fourth-order valence-corrected chi connectivity index (χ4v) is 4.18. The quantitative estimate of drug-likeness (QED) is 0.676. The molecule has 24 heavy (non-hydrogen) atoms. The molecule has 0 aliphatic rings.